The molecular weight excluding hydrogens is 457 g/mol. The van der Waals surface area contributed by atoms with Crippen LogP contribution in [0, 0.1) is 0 Å². The standard InChI is InChI=1S/C23H28FN7O4/c1-25-20-10-19(29-21-13(11-26-31(20)21)22(32)28-15-6-5-14(15)24)27-16-4-3-8-30(23(16)33)17-7-9-35-12-18(17)34-2/h3-4,8,10-11,14-15,17-18,25H,5-7,9,12H2,1-2H3,(H,27,29)(H,28,32)/t14-,15-,17+,18-/m1/s1. The molecule has 5 rings (SSSR count). The van der Waals surface area contributed by atoms with Crippen LogP contribution in [-0.4, -0.2) is 70.8 Å². The zero-order valence-corrected chi connectivity index (χ0v) is 19.5. The molecule has 3 aromatic rings. The summed E-state index contributed by atoms with van der Waals surface area (Å²) in [5.41, 5.74) is 0.610. The number of fused-ring (bicyclic) bond motifs is 1. The number of hydrogen-bond donors (Lipinski definition) is 3. The van der Waals surface area contributed by atoms with Gasteiger partial charge in [0.15, 0.2) is 5.65 Å². The summed E-state index contributed by atoms with van der Waals surface area (Å²) in [7, 11) is 3.32. The Hall–Kier alpha value is -3.51. The van der Waals surface area contributed by atoms with Crippen molar-refractivity contribution in [2.45, 2.75) is 43.6 Å². The summed E-state index contributed by atoms with van der Waals surface area (Å²) in [6, 6.07) is 4.50. The van der Waals surface area contributed by atoms with Crippen molar-refractivity contribution in [2.24, 2.45) is 0 Å². The first kappa shape index (κ1) is 23.2. The number of nitrogens with zero attached hydrogens (tertiary/aromatic N) is 4. The van der Waals surface area contributed by atoms with E-state index in [1.54, 1.807) is 43.1 Å². The number of nitrogens with one attached hydrogen (secondary N) is 3. The molecule has 4 atom stereocenters. The minimum Gasteiger partial charge on any atom is -0.379 e. The van der Waals surface area contributed by atoms with E-state index in [-0.39, 0.29) is 28.9 Å². The Morgan fingerprint density at radius 1 is 1.31 bits per heavy atom. The van der Waals surface area contributed by atoms with Crippen molar-refractivity contribution < 1.29 is 18.7 Å². The molecule has 0 spiro atoms. The van der Waals surface area contributed by atoms with E-state index in [4.69, 9.17) is 9.47 Å². The third-order valence-electron chi connectivity index (χ3n) is 6.65. The minimum atomic E-state index is -1.03. The van der Waals surface area contributed by atoms with Crippen LogP contribution >= 0.6 is 0 Å². The largest absolute Gasteiger partial charge is 0.379 e. The molecule has 2 fully saturated rings. The first-order valence-corrected chi connectivity index (χ1v) is 11.6. The summed E-state index contributed by atoms with van der Waals surface area (Å²) in [6.45, 7) is 0.972. The number of rotatable bonds is 7. The Morgan fingerprint density at radius 3 is 2.89 bits per heavy atom. The average molecular weight is 486 g/mol. The van der Waals surface area contributed by atoms with Crippen LogP contribution in [0.2, 0.25) is 0 Å². The third-order valence-corrected chi connectivity index (χ3v) is 6.65. The maximum Gasteiger partial charge on any atom is 0.274 e. The van der Waals surface area contributed by atoms with Gasteiger partial charge in [0.1, 0.15) is 35.2 Å². The SMILES string of the molecule is CNc1cc(Nc2cccn([C@H]3CCOC[C@H]3OC)c2=O)nc2c(C(=O)N[C@@H]3CC[C@H]3F)cnn12. The predicted octanol–water partition coefficient (Wildman–Crippen LogP) is 1.88. The zero-order valence-electron chi connectivity index (χ0n) is 19.5. The normalized spacial score (nSPS) is 24.1. The van der Waals surface area contributed by atoms with Crippen LogP contribution in [-0.2, 0) is 9.47 Å². The van der Waals surface area contributed by atoms with E-state index in [0.29, 0.717) is 49.8 Å². The van der Waals surface area contributed by atoms with E-state index in [2.05, 4.69) is 26.0 Å². The molecule has 0 aromatic carbocycles. The maximum atomic E-state index is 13.7. The van der Waals surface area contributed by atoms with Gasteiger partial charge >= 0.3 is 0 Å². The lowest BCUT2D eigenvalue weighted by atomic mass is 9.90. The number of alkyl halides is 1. The van der Waals surface area contributed by atoms with Gasteiger partial charge in [-0.2, -0.15) is 9.61 Å². The molecule has 0 bridgehead atoms. The van der Waals surface area contributed by atoms with Crippen LogP contribution in [0.3, 0.4) is 0 Å². The monoisotopic (exact) mass is 485 g/mol. The van der Waals surface area contributed by atoms with Gasteiger partial charge in [-0.15, -0.1) is 0 Å². The van der Waals surface area contributed by atoms with Crippen LogP contribution in [0.4, 0.5) is 21.7 Å². The van der Waals surface area contributed by atoms with E-state index in [1.807, 2.05) is 0 Å². The third kappa shape index (κ3) is 4.34. The lowest BCUT2D eigenvalue weighted by Gasteiger charge is -2.32. The number of carbonyl (C=O) groups is 1. The molecule has 3 N–H and O–H groups in total. The van der Waals surface area contributed by atoms with Gasteiger partial charge in [-0.3, -0.25) is 9.59 Å². The lowest BCUT2D eigenvalue weighted by molar-refractivity contribution is -0.0609. The second kappa shape index (κ2) is 9.62. The molecule has 11 nitrogen and oxygen atoms in total. The van der Waals surface area contributed by atoms with Crippen molar-refractivity contribution in [3.8, 4) is 0 Å². The van der Waals surface area contributed by atoms with E-state index < -0.39 is 18.1 Å². The molecule has 1 saturated heterocycles. The highest BCUT2D eigenvalue weighted by atomic mass is 19.1. The van der Waals surface area contributed by atoms with Crippen molar-refractivity contribution >= 4 is 28.9 Å². The van der Waals surface area contributed by atoms with E-state index in [1.165, 1.54) is 10.7 Å². The smallest absolute Gasteiger partial charge is 0.274 e. The predicted molar refractivity (Wildman–Crippen MR) is 127 cm³/mol. The van der Waals surface area contributed by atoms with Crippen LogP contribution in [0.25, 0.3) is 5.65 Å². The van der Waals surface area contributed by atoms with Gasteiger partial charge in [0, 0.05) is 33.0 Å². The lowest BCUT2D eigenvalue weighted by Crippen LogP contribution is -2.48. The maximum absolute atomic E-state index is 13.7. The molecule has 2 aliphatic rings. The Labute approximate surface area is 200 Å². The molecule has 3 aromatic heterocycles. The van der Waals surface area contributed by atoms with Crippen LogP contribution in [0.5, 0.6) is 0 Å². The molecule has 0 radical (unpaired) electrons. The second-order valence-electron chi connectivity index (χ2n) is 8.71. The Kier molecular flexibility index (Phi) is 6.39. The van der Waals surface area contributed by atoms with Gasteiger partial charge in [0.05, 0.1) is 24.9 Å². The summed E-state index contributed by atoms with van der Waals surface area (Å²) in [4.78, 5) is 30.6. The first-order chi connectivity index (χ1) is 17.0. The van der Waals surface area contributed by atoms with Crippen LogP contribution in [0.15, 0.2) is 35.4 Å². The Bertz CT molecular complexity index is 1290. The first-order valence-electron chi connectivity index (χ1n) is 11.6. The van der Waals surface area contributed by atoms with Crippen LogP contribution < -0.4 is 21.5 Å². The highest BCUT2D eigenvalue weighted by Crippen LogP contribution is 2.26. The van der Waals surface area contributed by atoms with Crippen molar-refractivity contribution in [1.82, 2.24) is 24.5 Å². The van der Waals surface area contributed by atoms with Crippen molar-refractivity contribution in [1.29, 1.82) is 0 Å². The number of ether oxygens (including phenoxy) is 2. The fourth-order valence-corrected chi connectivity index (χ4v) is 4.48. The fourth-order valence-electron chi connectivity index (χ4n) is 4.48. The topological polar surface area (TPSA) is 124 Å². The van der Waals surface area contributed by atoms with Crippen molar-refractivity contribution in [2.75, 3.05) is 38.0 Å². The Morgan fingerprint density at radius 2 is 2.17 bits per heavy atom. The van der Waals surface area contributed by atoms with Gasteiger partial charge in [0.2, 0.25) is 0 Å². The number of aromatic nitrogens is 4. The number of carbonyl (C=O) groups excluding carboxylic acids is 1. The molecular formula is C23H28FN7O4. The molecule has 1 amide bonds. The molecule has 1 aliphatic carbocycles. The zero-order chi connectivity index (χ0) is 24.5. The van der Waals surface area contributed by atoms with E-state index in [0.717, 1.165) is 0 Å². The highest BCUT2D eigenvalue weighted by Gasteiger charge is 2.33. The molecule has 12 heteroatoms. The molecule has 35 heavy (non-hydrogen) atoms. The molecule has 1 saturated carbocycles. The summed E-state index contributed by atoms with van der Waals surface area (Å²) in [6.07, 6.45) is 3.59. The van der Waals surface area contributed by atoms with Gasteiger partial charge in [-0.1, -0.05) is 0 Å². The summed E-state index contributed by atoms with van der Waals surface area (Å²) >= 11 is 0. The summed E-state index contributed by atoms with van der Waals surface area (Å²) in [5, 5.41) is 13.1. The summed E-state index contributed by atoms with van der Waals surface area (Å²) < 4.78 is 27.8. The molecule has 1 aliphatic heterocycles. The van der Waals surface area contributed by atoms with Crippen molar-refractivity contribution in [3.63, 3.8) is 0 Å². The number of anilines is 3. The minimum absolute atomic E-state index is 0.151. The van der Waals surface area contributed by atoms with E-state index >= 15 is 0 Å². The Balaban J connectivity index is 1.46. The molecule has 4 heterocycles. The highest BCUT2D eigenvalue weighted by molar-refractivity contribution is 6.00. The average Bonchev–Trinajstić information content (AvgIpc) is 3.31. The quantitative estimate of drug-likeness (QED) is 0.464. The fraction of sp³-hybridized carbons (Fsp3) is 0.478. The summed E-state index contributed by atoms with van der Waals surface area (Å²) in [5.74, 6) is 0.475. The molecule has 0 unspecified atom stereocenters. The van der Waals surface area contributed by atoms with Gasteiger partial charge in [-0.05, 0) is 31.4 Å². The van der Waals surface area contributed by atoms with Gasteiger partial charge in [0.25, 0.3) is 11.5 Å². The second-order valence-corrected chi connectivity index (χ2v) is 8.71. The number of methoxy groups -OCH3 is 1. The van der Waals surface area contributed by atoms with Gasteiger partial charge < -0.3 is 30.0 Å². The van der Waals surface area contributed by atoms with Gasteiger partial charge in [-0.25, -0.2) is 9.37 Å². The number of amides is 1. The van der Waals surface area contributed by atoms with Crippen LogP contribution in [0.1, 0.15) is 35.7 Å². The van der Waals surface area contributed by atoms with E-state index in [9.17, 15) is 14.0 Å². The molecule has 186 valence electrons. The number of hydrogen-bond acceptors (Lipinski definition) is 8. The number of halogens is 1. The van der Waals surface area contributed by atoms with Crippen molar-refractivity contribution in [3.05, 3.63) is 46.5 Å². The number of pyridine rings is 1.